The van der Waals surface area contributed by atoms with Crippen LogP contribution in [0.25, 0.3) is 0 Å². The van der Waals surface area contributed by atoms with Crippen LogP contribution in [0.4, 0.5) is 0 Å². The summed E-state index contributed by atoms with van der Waals surface area (Å²) in [7, 11) is 1.50. The molecule has 5 nitrogen and oxygen atoms in total. The third-order valence-corrected chi connectivity index (χ3v) is 6.41. The fourth-order valence-electron chi connectivity index (χ4n) is 1.53. The summed E-state index contributed by atoms with van der Waals surface area (Å²) in [6.07, 6.45) is 0.913. The number of nitrogens with zero attached hydrogens (tertiary/aromatic N) is 1. The van der Waals surface area contributed by atoms with Crippen molar-refractivity contribution in [1.29, 1.82) is 0 Å². The van der Waals surface area contributed by atoms with Crippen molar-refractivity contribution in [2.45, 2.75) is 27.2 Å². The summed E-state index contributed by atoms with van der Waals surface area (Å²) in [5.41, 5.74) is 1.68. The molecule has 0 fully saturated rings. The molecule has 1 aromatic carbocycles. The number of benzene rings is 1. The van der Waals surface area contributed by atoms with E-state index in [1.807, 2.05) is 26.0 Å². The molecule has 0 aliphatic rings. The molecule has 0 spiro atoms. The SMILES string of the molecule is CCCSP(=O)(OCC)Oc1ccc(C(C)=NOC)cc1. The lowest BCUT2D eigenvalue weighted by atomic mass is 10.1. The molecule has 21 heavy (non-hydrogen) atoms. The predicted molar refractivity (Wildman–Crippen MR) is 88.3 cm³/mol. The fraction of sp³-hybridized carbons (Fsp3) is 0.500. The first kappa shape index (κ1) is 18.1. The van der Waals surface area contributed by atoms with E-state index in [4.69, 9.17) is 13.9 Å². The zero-order chi connectivity index (χ0) is 15.7. The molecule has 1 atom stereocenters. The summed E-state index contributed by atoms with van der Waals surface area (Å²) in [4.78, 5) is 4.73. The van der Waals surface area contributed by atoms with Crippen molar-refractivity contribution in [3.63, 3.8) is 0 Å². The van der Waals surface area contributed by atoms with Gasteiger partial charge in [-0.2, -0.15) is 0 Å². The molecular formula is C14H22NO4PS. The monoisotopic (exact) mass is 331 g/mol. The van der Waals surface area contributed by atoms with Crippen LogP contribution in [-0.4, -0.2) is 25.2 Å². The Labute approximate surface area is 130 Å². The van der Waals surface area contributed by atoms with E-state index < -0.39 is 6.80 Å². The minimum atomic E-state index is -3.15. The van der Waals surface area contributed by atoms with Crippen LogP contribution in [0.15, 0.2) is 29.4 Å². The second-order valence-corrected chi connectivity index (χ2v) is 8.29. The number of rotatable bonds is 9. The van der Waals surface area contributed by atoms with E-state index in [2.05, 4.69) is 5.16 Å². The lowest BCUT2D eigenvalue weighted by Gasteiger charge is -2.17. The van der Waals surface area contributed by atoms with Crippen LogP contribution in [-0.2, 0) is 13.9 Å². The Balaban J connectivity index is 2.81. The van der Waals surface area contributed by atoms with Crippen LogP contribution < -0.4 is 4.52 Å². The minimum Gasteiger partial charge on any atom is -0.417 e. The molecule has 0 saturated heterocycles. The summed E-state index contributed by atoms with van der Waals surface area (Å²) in [5.74, 6) is 1.25. The first-order chi connectivity index (χ1) is 10.0. The Bertz CT molecular complexity index is 504. The first-order valence-electron chi connectivity index (χ1n) is 6.81. The average molecular weight is 331 g/mol. The molecule has 1 unspecified atom stereocenters. The molecule has 0 bridgehead atoms. The van der Waals surface area contributed by atoms with Gasteiger partial charge in [0, 0.05) is 5.75 Å². The first-order valence-corrected chi connectivity index (χ1v) is 9.95. The predicted octanol–water partition coefficient (Wildman–Crippen LogP) is 4.72. The Hall–Kier alpha value is -0.970. The third-order valence-electron chi connectivity index (χ3n) is 2.46. The Kier molecular flexibility index (Phi) is 7.86. The molecule has 0 radical (unpaired) electrons. The van der Waals surface area contributed by atoms with Gasteiger partial charge in [0.15, 0.2) is 0 Å². The normalized spacial score (nSPS) is 14.6. The van der Waals surface area contributed by atoms with Crippen LogP contribution in [0.5, 0.6) is 5.75 Å². The van der Waals surface area contributed by atoms with Gasteiger partial charge in [-0.15, -0.1) is 0 Å². The van der Waals surface area contributed by atoms with Gasteiger partial charge in [0.05, 0.1) is 12.3 Å². The van der Waals surface area contributed by atoms with Crippen molar-refractivity contribution in [2.75, 3.05) is 19.5 Å². The van der Waals surface area contributed by atoms with E-state index in [0.29, 0.717) is 12.4 Å². The Morgan fingerprint density at radius 1 is 1.29 bits per heavy atom. The lowest BCUT2D eigenvalue weighted by molar-refractivity contribution is 0.213. The van der Waals surface area contributed by atoms with Crippen molar-refractivity contribution < 1.29 is 18.5 Å². The molecular weight excluding hydrogens is 309 g/mol. The molecule has 1 aromatic rings. The van der Waals surface area contributed by atoms with Crippen LogP contribution >= 0.6 is 18.2 Å². The number of hydrogen-bond acceptors (Lipinski definition) is 6. The van der Waals surface area contributed by atoms with Crippen molar-refractivity contribution in [3.8, 4) is 5.75 Å². The Morgan fingerprint density at radius 3 is 2.48 bits per heavy atom. The van der Waals surface area contributed by atoms with E-state index in [1.54, 1.807) is 19.1 Å². The van der Waals surface area contributed by atoms with E-state index in [1.165, 1.54) is 18.5 Å². The molecule has 0 saturated carbocycles. The molecule has 0 N–H and O–H groups in total. The van der Waals surface area contributed by atoms with Gasteiger partial charge in [0.25, 0.3) is 0 Å². The third kappa shape index (κ3) is 6.12. The van der Waals surface area contributed by atoms with Crippen LogP contribution in [0, 0.1) is 0 Å². The highest BCUT2D eigenvalue weighted by Gasteiger charge is 2.26. The highest BCUT2D eigenvalue weighted by atomic mass is 32.7. The zero-order valence-corrected chi connectivity index (χ0v) is 14.6. The van der Waals surface area contributed by atoms with Crippen LogP contribution in [0.3, 0.4) is 0 Å². The maximum absolute atomic E-state index is 12.5. The van der Waals surface area contributed by atoms with Gasteiger partial charge < -0.3 is 9.36 Å². The van der Waals surface area contributed by atoms with Gasteiger partial charge in [-0.1, -0.05) is 12.1 Å². The largest absolute Gasteiger partial charge is 0.440 e. The second kappa shape index (κ2) is 9.13. The van der Waals surface area contributed by atoms with E-state index in [9.17, 15) is 4.57 Å². The van der Waals surface area contributed by atoms with Gasteiger partial charge in [-0.3, -0.25) is 4.52 Å². The topological polar surface area (TPSA) is 57.1 Å². The van der Waals surface area contributed by atoms with Crippen molar-refractivity contribution in [1.82, 2.24) is 0 Å². The molecule has 7 heteroatoms. The molecule has 0 aliphatic carbocycles. The van der Waals surface area contributed by atoms with Gasteiger partial charge >= 0.3 is 6.80 Å². The Morgan fingerprint density at radius 2 is 1.95 bits per heavy atom. The van der Waals surface area contributed by atoms with Crippen LogP contribution in [0.2, 0.25) is 0 Å². The van der Waals surface area contributed by atoms with E-state index >= 15 is 0 Å². The van der Waals surface area contributed by atoms with Gasteiger partial charge in [-0.25, -0.2) is 4.57 Å². The lowest BCUT2D eigenvalue weighted by Crippen LogP contribution is -1.98. The summed E-state index contributed by atoms with van der Waals surface area (Å²) >= 11 is 1.23. The summed E-state index contributed by atoms with van der Waals surface area (Å²) < 4.78 is 23.4. The quantitative estimate of drug-likeness (QED) is 0.372. The van der Waals surface area contributed by atoms with Crippen molar-refractivity contribution >= 4 is 23.9 Å². The van der Waals surface area contributed by atoms with E-state index in [0.717, 1.165) is 23.4 Å². The van der Waals surface area contributed by atoms with Crippen LogP contribution in [0.1, 0.15) is 32.8 Å². The van der Waals surface area contributed by atoms with Gasteiger partial charge in [-0.05, 0) is 61.5 Å². The summed E-state index contributed by atoms with van der Waals surface area (Å²) in [5, 5.41) is 3.86. The molecule has 118 valence electrons. The highest BCUT2D eigenvalue weighted by Crippen LogP contribution is 2.60. The molecule has 0 aliphatic heterocycles. The smallest absolute Gasteiger partial charge is 0.417 e. The molecule has 0 amide bonds. The number of oxime groups is 1. The molecule has 0 heterocycles. The standard InChI is InChI=1S/C14H22NO4PS/c1-5-11-21-20(16,18-6-2)19-14-9-7-13(8-10-14)12(3)15-17-4/h7-10H,5-6,11H2,1-4H3. The summed E-state index contributed by atoms with van der Waals surface area (Å²) in [6, 6.07) is 7.19. The second-order valence-electron chi connectivity index (χ2n) is 4.17. The highest BCUT2D eigenvalue weighted by molar-refractivity contribution is 8.55. The maximum atomic E-state index is 12.5. The van der Waals surface area contributed by atoms with Crippen molar-refractivity contribution in [2.24, 2.45) is 5.16 Å². The molecule has 1 rings (SSSR count). The minimum absolute atomic E-state index is 0.353. The van der Waals surface area contributed by atoms with Gasteiger partial charge in [0.1, 0.15) is 12.9 Å². The molecule has 0 aromatic heterocycles. The fourth-order valence-corrected chi connectivity index (χ4v) is 4.98. The van der Waals surface area contributed by atoms with Gasteiger partial charge in [0.2, 0.25) is 0 Å². The summed E-state index contributed by atoms with van der Waals surface area (Å²) in [6.45, 7) is 2.88. The average Bonchev–Trinajstić information content (AvgIpc) is 2.46. The zero-order valence-electron chi connectivity index (χ0n) is 12.9. The van der Waals surface area contributed by atoms with Crippen molar-refractivity contribution in [3.05, 3.63) is 29.8 Å². The van der Waals surface area contributed by atoms with E-state index in [-0.39, 0.29) is 0 Å². The maximum Gasteiger partial charge on any atom is 0.440 e. The number of hydrogen-bond donors (Lipinski definition) is 0.